The van der Waals surface area contributed by atoms with Crippen molar-refractivity contribution in [2.45, 2.75) is 26.2 Å². The predicted octanol–water partition coefficient (Wildman–Crippen LogP) is 2.06. The lowest BCUT2D eigenvalue weighted by atomic mass is 9.86. The molecule has 1 aromatic heterocycles. The number of para-hydroxylation sites is 1. The molecule has 30 heavy (non-hydrogen) atoms. The Hall–Kier alpha value is -2.67. The summed E-state index contributed by atoms with van der Waals surface area (Å²) in [5.41, 5.74) is 3.39. The van der Waals surface area contributed by atoms with Crippen LogP contribution < -0.4 is 15.1 Å². The third kappa shape index (κ3) is 4.90. The third-order valence-electron chi connectivity index (χ3n) is 5.99. The van der Waals surface area contributed by atoms with Gasteiger partial charge in [-0.05, 0) is 43.9 Å². The van der Waals surface area contributed by atoms with Gasteiger partial charge in [0.25, 0.3) is 0 Å². The minimum absolute atomic E-state index is 0.00198. The standard InChI is InChI=1S/C23H31N5O2/c1-2-27(20-6-4-3-5-7-20)11-10-24-22(29)18-8-9-21-19(16-18)17-25-23(26-21)28-12-14-30-15-13-28/h3-7,17-18H,2,8-16H2,1H3,(H,24,29). The number of nitrogens with one attached hydrogen (secondary N) is 1. The molecule has 2 aliphatic rings. The second-order valence-corrected chi connectivity index (χ2v) is 7.89. The molecule has 1 atom stereocenters. The highest BCUT2D eigenvalue weighted by Crippen LogP contribution is 2.25. The summed E-state index contributed by atoms with van der Waals surface area (Å²) >= 11 is 0. The summed E-state index contributed by atoms with van der Waals surface area (Å²) in [6.45, 7) is 7.63. The molecule has 0 saturated carbocycles. The first-order valence-electron chi connectivity index (χ1n) is 11.0. The summed E-state index contributed by atoms with van der Waals surface area (Å²) in [4.78, 5) is 26.5. The van der Waals surface area contributed by atoms with E-state index < -0.39 is 0 Å². The number of likely N-dealkylation sites (N-methyl/N-ethyl adjacent to an activating group) is 1. The van der Waals surface area contributed by atoms with E-state index in [4.69, 9.17) is 9.72 Å². The molecule has 4 rings (SSSR count). The number of amides is 1. The van der Waals surface area contributed by atoms with Crippen LogP contribution in [0.25, 0.3) is 0 Å². The van der Waals surface area contributed by atoms with E-state index in [-0.39, 0.29) is 11.8 Å². The molecule has 1 saturated heterocycles. The van der Waals surface area contributed by atoms with Crippen molar-refractivity contribution in [3.05, 3.63) is 47.8 Å². The largest absolute Gasteiger partial charge is 0.378 e. The summed E-state index contributed by atoms with van der Waals surface area (Å²) in [5, 5.41) is 3.14. The number of hydrogen-bond acceptors (Lipinski definition) is 6. The molecule has 0 radical (unpaired) electrons. The Balaban J connectivity index is 1.29. The van der Waals surface area contributed by atoms with Gasteiger partial charge < -0.3 is 19.9 Å². The molecule has 2 heterocycles. The lowest BCUT2D eigenvalue weighted by Crippen LogP contribution is -2.40. The van der Waals surface area contributed by atoms with E-state index in [9.17, 15) is 4.79 Å². The summed E-state index contributed by atoms with van der Waals surface area (Å²) in [6.07, 6.45) is 4.31. The van der Waals surface area contributed by atoms with Crippen molar-refractivity contribution in [2.75, 3.05) is 55.7 Å². The Morgan fingerprint density at radius 2 is 2.07 bits per heavy atom. The average molecular weight is 410 g/mol. The number of hydrogen-bond donors (Lipinski definition) is 1. The highest BCUT2D eigenvalue weighted by molar-refractivity contribution is 5.79. The maximum absolute atomic E-state index is 12.7. The maximum atomic E-state index is 12.7. The minimum atomic E-state index is 0.00198. The maximum Gasteiger partial charge on any atom is 0.225 e. The molecule has 2 aromatic rings. The van der Waals surface area contributed by atoms with Gasteiger partial charge in [-0.25, -0.2) is 9.97 Å². The summed E-state index contributed by atoms with van der Waals surface area (Å²) in [5.74, 6) is 0.935. The number of ether oxygens (including phenoxy) is 1. The number of aromatic nitrogens is 2. The number of nitrogens with zero attached hydrogens (tertiary/aromatic N) is 4. The zero-order valence-electron chi connectivity index (χ0n) is 17.7. The average Bonchev–Trinajstić information content (AvgIpc) is 2.82. The van der Waals surface area contributed by atoms with Crippen molar-refractivity contribution in [3.63, 3.8) is 0 Å². The number of anilines is 2. The number of rotatable bonds is 7. The van der Waals surface area contributed by atoms with Crippen LogP contribution in [-0.4, -0.2) is 61.8 Å². The molecule has 0 bridgehead atoms. The van der Waals surface area contributed by atoms with Crippen molar-refractivity contribution < 1.29 is 9.53 Å². The fourth-order valence-electron chi connectivity index (χ4n) is 4.20. The summed E-state index contributed by atoms with van der Waals surface area (Å²) in [7, 11) is 0. The molecule has 1 aromatic carbocycles. The number of fused-ring (bicyclic) bond motifs is 1. The first-order chi connectivity index (χ1) is 14.7. The third-order valence-corrected chi connectivity index (χ3v) is 5.99. The van der Waals surface area contributed by atoms with Crippen LogP contribution >= 0.6 is 0 Å². The Labute approximate surface area is 178 Å². The number of benzene rings is 1. The van der Waals surface area contributed by atoms with Crippen molar-refractivity contribution in [1.82, 2.24) is 15.3 Å². The van der Waals surface area contributed by atoms with E-state index in [1.807, 2.05) is 24.4 Å². The van der Waals surface area contributed by atoms with Crippen molar-refractivity contribution >= 4 is 17.5 Å². The lowest BCUT2D eigenvalue weighted by molar-refractivity contribution is -0.125. The Bertz CT molecular complexity index is 839. The molecular formula is C23H31N5O2. The van der Waals surface area contributed by atoms with Crippen molar-refractivity contribution in [2.24, 2.45) is 5.92 Å². The van der Waals surface area contributed by atoms with Crippen LogP contribution in [0.5, 0.6) is 0 Å². The second-order valence-electron chi connectivity index (χ2n) is 7.89. The number of aryl methyl sites for hydroxylation is 1. The molecule has 1 N–H and O–H groups in total. The van der Waals surface area contributed by atoms with E-state index in [1.54, 1.807) is 0 Å². The number of carbonyl (C=O) groups is 1. The van der Waals surface area contributed by atoms with Gasteiger partial charge in [0.15, 0.2) is 0 Å². The predicted molar refractivity (Wildman–Crippen MR) is 118 cm³/mol. The van der Waals surface area contributed by atoms with Gasteiger partial charge in [0.2, 0.25) is 11.9 Å². The van der Waals surface area contributed by atoms with Crippen LogP contribution in [0, 0.1) is 5.92 Å². The van der Waals surface area contributed by atoms with Crippen LogP contribution in [0.4, 0.5) is 11.6 Å². The molecular weight excluding hydrogens is 378 g/mol. The topological polar surface area (TPSA) is 70.6 Å². The molecule has 0 spiro atoms. The van der Waals surface area contributed by atoms with Gasteiger partial charge in [-0.3, -0.25) is 4.79 Å². The van der Waals surface area contributed by atoms with Crippen LogP contribution in [0.3, 0.4) is 0 Å². The number of carbonyl (C=O) groups excluding carboxylic acids is 1. The first-order valence-corrected chi connectivity index (χ1v) is 11.0. The van der Waals surface area contributed by atoms with E-state index >= 15 is 0 Å². The van der Waals surface area contributed by atoms with E-state index in [2.05, 4.69) is 39.2 Å². The van der Waals surface area contributed by atoms with Gasteiger partial charge in [0.1, 0.15) is 0 Å². The minimum Gasteiger partial charge on any atom is -0.378 e. The van der Waals surface area contributed by atoms with Gasteiger partial charge in [-0.2, -0.15) is 0 Å². The van der Waals surface area contributed by atoms with Crippen LogP contribution in [0.2, 0.25) is 0 Å². The van der Waals surface area contributed by atoms with Crippen LogP contribution in [-0.2, 0) is 22.4 Å². The molecule has 1 fully saturated rings. The fourth-order valence-corrected chi connectivity index (χ4v) is 4.20. The smallest absolute Gasteiger partial charge is 0.225 e. The van der Waals surface area contributed by atoms with Gasteiger partial charge in [0, 0.05) is 56.2 Å². The van der Waals surface area contributed by atoms with Gasteiger partial charge in [0.05, 0.1) is 13.2 Å². The first kappa shape index (κ1) is 20.6. The summed E-state index contributed by atoms with van der Waals surface area (Å²) in [6, 6.07) is 10.3. The molecule has 160 valence electrons. The molecule has 1 aliphatic heterocycles. The Kier molecular flexibility index (Phi) is 6.79. The Morgan fingerprint density at radius 3 is 2.83 bits per heavy atom. The van der Waals surface area contributed by atoms with Gasteiger partial charge in [-0.1, -0.05) is 18.2 Å². The molecule has 1 amide bonds. The van der Waals surface area contributed by atoms with Gasteiger partial charge >= 0.3 is 0 Å². The van der Waals surface area contributed by atoms with Gasteiger partial charge in [-0.15, -0.1) is 0 Å². The highest BCUT2D eigenvalue weighted by Gasteiger charge is 2.26. The monoisotopic (exact) mass is 409 g/mol. The number of morpholine rings is 1. The Morgan fingerprint density at radius 1 is 1.27 bits per heavy atom. The zero-order chi connectivity index (χ0) is 20.8. The van der Waals surface area contributed by atoms with Crippen LogP contribution in [0.1, 0.15) is 24.6 Å². The SMILES string of the molecule is CCN(CCNC(=O)C1CCc2nc(N3CCOCC3)ncc2C1)c1ccccc1. The normalized spacial score (nSPS) is 18.6. The van der Waals surface area contributed by atoms with E-state index in [1.165, 1.54) is 5.69 Å². The van der Waals surface area contributed by atoms with Crippen molar-refractivity contribution in [3.8, 4) is 0 Å². The fraction of sp³-hybridized carbons (Fsp3) is 0.522. The lowest BCUT2D eigenvalue weighted by Gasteiger charge is -2.29. The quantitative estimate of drug-likeness (QED) is 0.755. The second kappa shape index (κ2) is 9.89. The molecule has 1 unspecified atom stereocenters. The highest BCUT2D eigenvalue weighted by atomic mass is 16.5. The molecule has 7 heteroatoms. The van der Waals surface area contributed by atoms with E-state index in [0.29, 0.717) is 6.54 Å². The van der Waals surface area contributed by atoms with E-state index in [0.717, 1.165) is 75.9 Å². The molecule has 1 aliphatic carbocycles. The summed E-state index contributed by atoms with van der Waals surface area (Å²) < 4.78 is 5.41. The van der Waals surface area contributed by atoms with Crippen molar-refractivity contribution in [1.29, 1.82) is 0 Å². The van der Waals surface area contributed by atoms with Crippen LogP contribution in [0.15, 0.2) is 36.5 Å². The zero-order valence-corrected chi connectivity index (χ0v) is 17.7. The molecule has 7 nitrogen and oxygen atoms in total.